The largest absolute Gasteiger partial charge is 0.497 e. The summed E-state index contributed by atoms with van der Waals surface area (Å²) < 4.78 is 23.0. The van der Waals surface area contributed by atoms with Gasteiger partial charge in [0.2, 0.25) is 0 Å². The van der Waals surface area contributed by atoms with Crippen LogP contribution in [0.1, 0.15) is 29.0 Å². The first kappa shape index (κ1) is 19.3. The second-order valence-corrected chi connectivity index (χ2v) is 7.40. The van der Waals surface area contributed by atoms with Crippen LogP contribution >= 0.6 is 0 Å². The molecular weight excluding hydrogens is 392 g/mol. The van der Waals surface area contributed by atoms with Crippen molar-refractivity contribution >= 4 is 5.70 Å². The van der Waals surface area contributed by atoms with Gasteiger partial charge in [-0.1, -0.05) is 36.4 Å². The quantitative estimate of drug-likeness (QED) is 0.650. The van der Waals surface area contributed by atoms with Gasteiger partial charge in [-0.2, -0.15) is 5.01 Å². The molecule has 158 valence electrons. The lowest BCUT2D eigenvalue weighted by molar-refractivity contribution is -0.0343. The first-order valence-electron chi connectivity index (χ1n) is 10.1. The molecule has 0 amide bonds. The van der Waals surface area contributed by atoms with Gasteiger partial charge in [0.1, 0.15) is 11.5 Å². The summed E-state index contributed by atoms with van der Waals surface area (Å²) in [6.07, 6.45) is 1.84. The van der Waals surface area contributed by atoms with E-state index in [1.807, 2.05) is 54.6 Å². The molecule has 0 aromatic heterocycles. The molecular formula is C25H24N2O4. The number of hydrogen-bond donors (Lipinski definition) is 1. The van der Waals surface area contributed by atoms with E-state index in [-0.39, 0.29) is 12.3 Å². The van der Waals surface area contributed by atoms with E-state index >= 15 is 0 Å². The van der Waals surface area contributed by atoms with E-state index in [0.717, 1.165) is 39.6 Å². The van der Waals surface area contributed by atoms with Crippen molar-refractivity contribution in [1.29, 1.82) is 0 Å². The summed E-state index contributed by atoms with van der Waals surface area (Å²) in [7, 11) is 5.00. The minimum atomic E-state index is -0.372. The number of fused-ring (bicyclic) bond motifs is 3. The molecule has 2 heterocycles. The summed E-state index contributed by atoms with van der Waals surface area (Å²) in [6, 6.07) is 21.9. The van der Waals surface area contributed by atoms with Gasteiger partial charge in [-0.15, -0.1) is 0 Å². The van der Waals surface area contributed by atoms with Gasteiger partial charge in [0.15, 0.2) is 17.7 Å². The van der Waals surface area contributed by atoms with Crippen molar-refractivity contribution in [3.63, 3.8) is 0 Å². The number of methoxy groups -OCH3 is 3. The highest BCUT2D eigenvalue weighted by Crippen LogP contribution is 2.49. The predicted molar refractivity (Wildman–Crippen MR) is 118 cm³/mol. The fourth-order valence-corrected chi connectivity index (χ4v) is 4.12. The zero-order chi connectivity index (χ0) is 21.4. The van der Waals surface area contributed by atoms with Crippen molar-refractivity contribution in [3.05, 3.63) is 89.5 Å². The Hall–Kier alpha value is -3.64. The lowest BCUT2D eigenvalue weighted by Crippen LogP contribution is -2.43. The van der Waals surface area contributed by atoms with Gasteiger partial charge >= 0.3 is 0 Å². The van der Waals surface area contributed by atoms with Crippen molar-refractivity contribution in [3.8, 4) is 23.0 Å². The fourth-order valence-electron chi connectivity index (χ4n) is 4.12. The van der Waals surface area contributed by atoms with Crippen LogP contribution in [0.25, 0.3) is 5.70 Å². The molecule has 3 aromatic rings. The van der Waals surface area contributed by atoms with Gasteiger partial charge in [0.05, 0.1) is 33.1 Å². The van der Waals surface area contributed by atoms with Gasteiger partial charge in [-0.3, -0.25) is 0 Å². The number of hydrazine groups is 1. The van der Waals surface area contributed by atoms with Crippen molar-refractivity contribution in [2.45, 2.75) is 12.3 Å². The molecule has 0 radical (unpaired) electrons. The molecule has 2 aliphatic rings. The molecule has 0 spiro atoms. The number of nitrogens with zero attached hydrogens (tertiary/aromatic N) is 1. The summed E-state index contributed by atoms with van der Waals surface area (Å²) in [5.41, 5.74) is 7.62. The average molecular weight is 416 g/mol. The Morgan fingerprint density at radius 1 is 0.839 bits per heavy atom. The molecule has 2 aliphatic heterocycles. The van der Waals surface area contributed by atoms with Gasteiger partial charge < -0.3 is 24.4 Å². The van der Waals surface area contributed by atoms with E-state index in [0.29, 0.717) is 5.75 Å². The lowest BCUT2D eigenvalue weighted by Gasteiger charge is -2.39. The first-order valence-corrected chi connectivity index (χ1v) is 10.1. The molecule has 0 saturated carbocycles. The van der Waals surface area contributed by atoms with E-state index in [9.17, 15) is 0 Å². The van der Waals surface area contributed by atoms with Crippen molar-refractivity contribution in [2.75, 3.05) is 21.3 Å². The standard InChI is InChI=1S/C25H24N2O4/c1-28-18-9-4-7-16(13-18)21-15-22-20-11-6-12-23(30-3)24(20)31-25(27(22)26-21)17-8-5-10-19(14-17)29-2/h4-15,22,25-26H,1-3H3. The highest BCUT2D eigenvalue weighted by molar-refractivity contribution is 5.69. The van der Waals surface area contributed by atoms with Crippen molar-refractivity contribution in [1.82, 2.24) is 10.4 Å². The van der Waals surface area contributed by atoms with Crippen LogP contribution < -0.4 is 24.4 Å². The van der Waals surface area contributed by atoms with Gasteiger partial charge in [-0.05, 0) is 36.4 Å². The normalized spacial score (nSPS) is 19.4. The molecule has 2 atom stereocenters. The minimum absolute atomic E-state index is 0.0312. The van der Waals surface area contributed by atoms with E-state index in [1.165, 1.54) is 0 Å². The molecule has 0 aliphatic carbocycles. The van der Waals surface area contributed by atoms with Gasteiger partial charge in [-0.25, -0.2) is 0 Å². The summed E-state index contributed by atoms with van der Waals surface area (Å²) in [5.74, 6) is 3.06. The zero-order valence-electron chi connectivity index (χ0n) is 17.7. The number of ether oxygens (including phenoxy) is 4. The van der Waals surface area contributed by atoms with Crippen molar-refractivity contribution in [2.24, 2.45) is 0 Å². The number of rotatable bonds is 5. The zero-order valence-corrected chi connectivity index (χ0v) is 17.7. The second kappa shape index (κ2) is 7.89. The number of nitrogens with one attached hydrogen (secondary N) is 1. The molecule has 0 fully saturated rings. The Kier molecular flexibility index (Phi) is 4.92. The predicted octanol–water partition coefficient (Wildman–Crippen LogP) is 4.71. The topological polar surface area (TPSA) is 52.2 Å². The summed E-state index contributed by atoms with van der Waals surface area (Å²) in [6.45, 7) is 0. The Morgan fingerprint density at radius 3 is 2.35 bits per heavy atom. The summed E-state index contributed by atoms with van der Waals surface area (Å²) in [4.78, 5) is 0. The first-order chi connectivity index (χ1) is 15.2. The Labute approximate surface area is 181 Å². The maximum atomic E-state index is 6.51. The van der Waals surface area contributed by atoms with Crippen LogP contribution in [-0.2, 0) is 0 Å². The van der Waals surface area contributed by atoms with Gasteiger partial charge in [0.25, 0.3) is 0 Å². The summed E-state index contributed by atoms with van der Waals surface area (Å²) >= 11 is 0. The molecule has 6 nitrogen and oxygen atoms in total. The second-order valence-electron chi connectivity index (χ2n) is 7.40. The van der Waals surface area contributed by atoms with E-state index in [2.05, 4.69) is 28.6 Å². The molecule has 2 unspecified atom stereocenters. The third-order valence-corrected chi connectivity index (χ3v) is 5.66. The third kappa shape index (κ3) is 3.35. The Morgan fingerprint density at radius 2 is 1.58 bits per heavy atom. The highest BCUT2D eigenvalue weighted by atomic mass is 16.5. The van der Waals surface area contributed by atoms with Crippen LogP contribution in [0.2, 0.25) is 0 Å². The van der Waals surface area contributed by atoms with Crippen LogP contribution in [0, 0.1) is 0 Å². The van der Waals surface area contributed by atoms with E-state index in [4.69, 9.17) is 18.9 Å². The molecule has 5 rings (SSSR count). The number of benzene rings is 3. The number of hydrogen-bond acceptors (Lipinski definition) is 6. The van der Waals surface area contributed by atoms with E-state index in [1.54, 1.807) is 21.3 Å². The molecule has 0 bridgehead atoms. The third-order valence-electron chi connectivity index (χ3n) is 5.66. The Bertz CT molecular complexity index is 1140. The van der Waals surface area contributed by atoms with Crippen LogP contribution in [0.4, 0.5) is 0 Å². The SMILES string of the molecule is COc1cccc(C2=CC3c4cccc(OC)c4OC(c4cccc(OC)c4)N3N2)c1. The lowest BCUT2D eigenvalue weighted by atomic mass is 10.00. The fraction of sp³-hybridized carbons (Fsp3) is 0.200. The molecule has 0 saturated heterocycles. The van der Waals surface area contributed by atoms with Crippen molar-refractivity contribution < 1.29 is 18.9 Å². The van der Waals surface area contributed by atoms with Crippen LogP contribution in [0.3, 0.4) is 0 Å². The van der Waals surface area contributed by atoms with E-state index < -0.39 is 0 Å². The molecule has 1 N–H and O–H groups in total. The maximum Gasteiger partial charge on any atom is 0.196 e. The minimum Gasteiger partial charge on any atom is -0.497 e. The van der Waals surface area contributed by atoms with Crippen LogP contribution in [0.5, 0.6) is 23.0 Å². The smallest absolute Gasteiger partial charge is 0.196 e. The number of para-hydroxylation sites is 1. The monoisotopic (exact) mass is 416 g/mol. The molecule has 3 aromatic carbocycles. The highest BCUT2D eigenvalue weighted by Gasteiger charge is 2.41. The molecule has 31 heavy (non-hydrogen) atoms. The Balaban J connectivity index is 1.61. The van der Waals surface area contributed by atoms with Crippen LogP contribution in [-0.4, -0.2) is 26.3 Å². The molecule has 6 heteroatoms. The maximum absolute atomic E-state index is 6.51. The average Bonchev–Trinajstić information content (AvgIpc) is 3.29. The summed E-state index contributed by atoms with van der Waals surface area (Å²) in [5, 5.41) is 2.12. The van der Waals surface area contributed by atoms with Gasteiger partial charge in [0, 0.05) is 16.7 Å². The van der Waals surface area contributed by atoms with Crippen LogP contribution in [0.15, 0.2) is 72.8 Å².